The summed E-state index contributed by atoms with van der Waals surface area (Å²) in [7, 11) is 0. The fourth-order valence-electron chi connectivity index (χ4n) is 3.72. The van der Waals surface area contributed by atoms with Crippen molar-refractivity contribution in [2.75, 3.05) is 6.61 Å². The van der Waals surface area contributed by atoms with Crippen molar-refractivity contribution < 1.29 is 24.0 Å². The van der Waals surface area contributed by atoms with Crippen molar-refractivity contribution in [3.63, 3.8) is 0 Å². The maximum atomic E-state index is 13.0. The number of nitro groups is 1. The second kappa shape index (κ2) is 7.56. The maximum Gasteiger partial charge on any atom is 0.344 e. The fourth-order valence-corrected chi connectivity index (χ4v) is 3.72. The number of fused-ring (bicyclic) bond motifs is 3. The second-order valence-electron chi connectivity index (χ2n) is 6.96. The van der Waals surface area contributed by atoms with Crippen LogP contribution in [0.25, 0.3) is 32.9 Å². The molecule has 0 spiro atoms. The lowest BCUT2D eigenvalue weighted by molar-refractivity contribution is -0.384. The Bertz CT molecular complexity index is 1420. The minimum absolute atomic E-state index is 0.0505. The summed E-state index contributed by atoms with van der Waals surface area (Å²) >= 11 is 0. The molecule has 0 fully saturated rings. The number of carbonyl (C=O) groups excluding carboxylic acids is 1. The molecule has 8 heteroatoms. The van der Waals surface area contributed by atoms with Crippen LogP contribution in [0.3, 0.4) is 0 Å². The Morgan fingerprint density at radius 1 is 1.13 bits per heavy atom. The first kappa shape index (κ1) is 20.1. The van der Waals surface area contributed by atoms with Gasteiger partial charge in [0.25, 0.3) is 5.69 Å². The van der Waals surface area contributed by atoms with E-state index in [1.807, 2.05) is 0 Å². The topological polar surface area (TPSA) is 120 Å². The number of hydrogen-bond acceptors (Lipinski definition) is 7. The summed E-state index contributed by atoms with van der Waals surface area (Å²) in [6, 6.07) is 11.7. The number of aryl methyl sites for hydroxylation is 1. The van der Waals surface area contributed by atoms with Gasteiger partial charge in [-0.2, -0.15) is 0 Å². The van der Waals surface area contributed by atoms with Gasteiger partial charge in [0.1, 0.15) is 11.3 Å². The first-order valence-corrected chi connectivity index (χ1v) is 9.47. The number of hydrogen-bond donors (Lipinski definition) is 1. The SMILES string of the molecule is CCOC(=O)c1c(C)cc2c(c1-c1ccc([N+](=O)[O-])cc1)c(=O)oc1cc(O)ccc12. The molecule has 0 aliphatic rings. The molecular formula is C23H17NO7. The van der Waals surface area contributed by atoms with Crippen molar-refractivity contribution in [3.8, 4) is 16.9 Å². The zero-order chi connectivity index (χ0) is 22.3. The van der Waals surface area contributed by atoms with Gasteiger partial charge in [-0.3, -0.25) is 10.1 Å². The lowest BCUT2D eigenvalue weighted by Gasteiger charge is -2.16. The average Bonchev–Trinajstić information content (AvgIpc) is 2.72. The zero-order valence-electron chi connectivity index (χ0n) is 16.7. The van der Waals surface area contributed by atoms with Crippen molar-refractivity contribution in [2.45, 2.75) is 13.8 Å². The molecule has 1 aromatic heterocycles. The summed E-state index contributed by atoms with van der Waals surface area (Å²) in [6.45, 7) is 3.54. The summed E-state index contributed by atoms with van der Waals surface area (Å²) in [4.78, 5) is 36.3. The van der Waals surface area contributed by atoms with Crippen LogP contribution in [0.2, 0.25) is 0 Å². The molecule has 0 amide bonds. The Hall–Kier alpha value is -4.20. The molecule has 3 aromatic carbocycles. The number of aromatic hydroxyl groups is 1. The first-order chi connectivity index (χ1) is 14.8. The number of nitrogens with zero attached hydrogens (tertiary/aromatic N) is 1. The molecule has 0 saturated heterocycles. The van der Waals surface area contributed by atoms with Gasteiger partial charge in [0.2, 0.25) is 0 Å². The number of nitro benzene ring substituents is 1. The Kier molecular flexibility index (Phi) is 4.90. The predicted molar refractivity (Wildman–Crippen MR) is 114 cm³/mol. The average molecular weight is 419 g/mol. The highest BCUT2D eigenvalue weighted by atomic mass is 16.6. The van der Waals surface area contributed by atoms with Crippen molar-refractivity contribution in [2.24, 2.45) is 0 Å². The Balaban J connectivity index is 2.17. The second-order valence-corrected chi connectivity index (χ2v) is 6.96. The van der Waals surface area contributed by atoms with E-state index < -0.39 is 16.5 Å². The predicted octanol–water partition coefficient (Wildman–Crippen LogP) is 4.71. The van der Waals surface area contributed by atoms with Gasteiger partial charge in [-0.25, -0.2) is 9.59 Å². The van der Waals surface area contributed by atoms with E-state index in [-0.39, 0.29) is 40.1 Å². The van der Waals surface area contributed by atoms with E-state index in [0.717, 1.165) is 0 Å². The third-order valence-corrected chi connectivity index (χ3v) is 5.03. The van der Waals surface area contributed by atoms with Gasteiger partial charge >= 0.3 is 11.6 Å². The number of ether oxygens (including phenoxy) is 1. The molecular weight excluding hydrogens is 402 g/mol. The molecule has 0 aliphatic carbocycles. The summed E-state index contributed by atoms with van der Waals surface area (Å²) in [5, 5.41) is 22.1. The Labute approximate surface area is 175 Å². The van der Waals surface area contributed by atoms with E-state index in [2.05, 4.69) is 0 Å². The summed E-state index contributed by atoms with van der Waals surface area (Å²) < 4.78 is 10.7. The molecule has 156 valence electrons. The van der Waals surface area contributed by atoms with E-state index in [4.69, 9.17) is 9.15 Å². The van der Waals surface area contributed by atoms with Crippen molar-refractivity contribution >= 4 is 33.4 Å². The fraction of sp³-hybridized carbons (Fsp3) is 0.130. The Morgan fingerprint density at radius 2 is 1.84 bits per heavy atom. The standard InChI is InChI=1S/C23H17NO7/c1-3-30-22(26)19-12(2)10-17-16-9-8-15(25)11-18(16)31-23(27)21(17)20(19)13-4-6-14(7-5-13)24(28)29/h4-11,25H,3H2,1-2H3. The maximum absolute atomic E-state index is 13.0. The number of benzene rings is 3. The highest BCUT2D eigenvalue weighted by Crippen LogP contribution is 2.37. The highest BCUT2D eigenvalue weighted by molar-refractivity contribution is 6.15. The molecule has 0 atom stereocenters. The zero-order valence-corrected chi connectivity index (χ0v) is 16.7. The van der Waals surface area contributed by atoms with E-state index >= 15 is 0 Å². The van der Waals surface area contributed by atoms with Gasteiger partial charge in [-0.15, -0.1) is 0 Å². The van der Waals surface area contributed by atoms with Crippen molar-refractivity contribution in [1.29, 1.82) is 0 Å². The summed E-state index contributed by atoms with van der Waals surface area (Å²) in [5.41, 5.74) is 0.863. The molecule has 4 rings (SSSR count). The summed E-state index contributed by atoms with van der Waals surface area (Å²) in [5.74, 6) is -0.661. The lowest BCUT2D eigenvalue weighted by atomic mass is 9.89. The molecule has 0 saturated carbocycles. The molecule has 0 radical (unpaired) electrons. The van der Waals surface area contributed by atoms with Crippen LogP contribution in [0.1, 0.15) is 22.8 Å². The van der Waals surface area contributed by atoms with Crippen molar-refractivity contribution in [1.82, 2.24) is 0 Å². The van der Waals surface area contributed by atoms with Gasteiger partial charge in [-0.05, 0) is 55.3 Å². The number of rotatable bonds is 4. The lowest BCUT2D eigenvalue weighted by Crippen LogP contribution is -2.12. The largest absolute Gasteiger partial charge is 0.508 e. The van der Waals surface area contributed by atoms with E-state index in [1.165, 1.54) is 36.4 Å². The normalized spacial score (nSPS) is 11.0. The van der Waals surface area contributed by atoms with E-state index in [0.29, 0.717) is 21.9 Å². The minimum atomic E-state index is -0.702. The number of phenolic OH excluding ortho intramolecular Hbond substituents is 1. The minimum Gasteiger partial charge on any atom is -0.508 e. The van der Waals surface area contributed by atoms with Crippen LogP contribution in [0, 0.1) is 17.0 Å². The van der Waals surface area contributed by atoms with Crippen molar-refractivity contribution in [3.05, 3.63) is 80.2 Å². The first-order valence-electron chi connectivity index (χ1n) is 9.47. The van der Waals surface area contributed by atoms with E-state index in [9.17, 15) is 24.8 Å². The van der Waals surface area contributed by atoms with E-state index in [1.54, 1.807) is 26.0 Å². The van der Waals surface area contributed by atoms with Crippen LogP contribution in [0.4, 0.5) is 5.69 Å². The number of phenols is 1. The third kappa shape index (κ3) is 3.38. The number of esters is 1. The molecule has 0 unspecified atom stereocenters. The van der Waals surface area contributed by atoms with Gasteiger partial charge in [0.15, 0.2) is 0 Å². The molecule has 0 bridgehead atoms. The molecule has 0 aliphatic heterocycles. The van der Waals surface area contributed by atoms with Crippen LogP contribution in [-0.2, 0) is 4.74 Å². The van der Waals surface area contributed by atoms with Crippen LogP contribution >= 0.6 is 0 Å². The van der Waals surface area contributed by atoms with Crippen LogP contribution < -0.4 is 5.63 Å². The van der Waals surface area contributed by atoms with Gasteiger partial charge in [0.05, 0.1) is 22.5 Å². The Morgan fingerprint density at radius 3 is 2.48 bits per heavy atom. The van der Waals surface area contributed by atoms with Gasteiger partial charge < -0.3 is 14.3 Å². The molecule has 4 aromatic rings. The molecule has 1 heterocycles. The highest BCUT2D eigenvalue weighted by Gasteiger charge is 2.24. The van der Waals surface area contributed by atoms with Gasteiger partial charge in [0, 0.05) is 34.5 Å². The van der Waals surface area contributed by atoms with Crippen LogP contribution in [0.15, 0.2) is 57.7 Å². The smallest absolute Gasteiger partial charge is 0.344 e. The quantitative estimate of drug-likeness (QED) is 0.167. The monoisotopic (exact) mass is 419 g/mol. The van der Waals surface area contributed by atoms with Gasteiger partial charge in [-0.1, -0.05) is 0 Å². The van der Waals surface area contributed by atoms with Crippen LogP contribution in [-0.4, -0.2) is 22.6 Å². The summed E-state index contributed by atoms with van der Waals surface area (Å²) in [6.07, 6.45) is 0. The molecule has 1 N–H and O–H groups in total. The van der Waals surface area contributed by atoms with Crippen LogP contribution in [0.5, 0.6) is 5.75 Å². The third-order valence-electron chi connectivity index (χ3n) is 5.03. The molecule has 31 heavy (non-hydrogen) atoms. The molecule has 8 nitrogen and oxygen atoms in total. The number of carbonyl (C=O) groups is 1. The number of non-ortho nitro benzene ring substituents is 1.